The number of benzene rings is 2. The number of hydrogen-bond donors (Lipinski definition) is 1. The maximum atomic E-state index is 12.9. The third-order valence-corrected chi connectivity index (χ3v) is 12.3. The van der Waals surface area contributed by atoms with Crippen LogP contribution in [0.2, 0.25) is 5.04 Å². The van der Waals surface area contributed by atoms with Gasteiger partial charge < -0.3 is 23.9 Å². The predicted octanol–water partition coefficient (Wildman–Crippen LogP) is 4.30. The third kappa shape index (κ3) is 5.39. The Kier molecular flexibility index (Phi) is 7.67. The molecule has 0 bridgehead atoms. The van der Waals surface area contributed by atoms with Gasteiger partial charge in [-0.1, -0.05) is 81.4 Å². The average Bonchev–Trinajstić information content (AvgIpc) is 3.24. The topological polar surface area (TPSA) is 68.2 Å². The number of amides is 1. The normalized spacial score (nSPS) is 24.9. The van der Waals surface area contributed by atoms with Crippen molar-refractivity contribution in [1.29, 1.82) is 0 Å². The van der Waals surface area contributed by atoms with Crippen molar-refractivity contribution in [2.75, 3.05) is 13.2 Å². The summed E-state index contributed by atoms with van der Waals surface area (Å²) in [6.07, 6.45) is -0.266. The van der Waals surface area contributed by atoms with Gasteiger partial charge in [0, 0.05) is 18.5 Å². The van der Waals surface area contributed by atoms with E-state index in [0.29, 0.717) is 26.0 Å². The molecule has 7 heteroatoms. The van der Waals surface area contributed by atoms with Gasteiger partial charge in [0.25, 0.3) is 8.32 Å². The van der Waals surface area contributed by atoms with E-state index >= 15 is 0 Å². The van der Waals surface area contributed by atoms with Crippen molar-refractivity contribution in [1.82, 2.24) is 4.90 Å². The lowest BCUT2D eigenvalue weighted by atomic mass is 9.92. The molecule has 4 rings (SSSR count). The van der Waals surface area contributed by atoms with Crippen LogP contribution in [-0.2, 0) is 13.9 Å². The molecule has 0 aliphatic carbocycles. The number of aliphatic hydroxyl groups excluding tert-OH is 1. The summed E-state index contributed by atoms with van der Waals surface area (Å²) in [5.41, 5.74) is -0.565. The number of rotatable bonds is 5. The fourth-order valence-electron chi connectivity index (χ4n) is 5.77. The maximum Gasteiger partial charge on any atom is 0.410 e. The zero-order valence-electron chi connectivity index (χ0n) is 22.4. The minimum absolute atomic E-state index is 0.110. The molecular weight excluding hydrogens is 470 g/mol. The molecule has 2 fully saturated rings. The standard InChI is InChI=1S/C29H41NO5Si/c1-28(2,3)35-27(32)30-18-17-24-25(30)19-21(34-26(24)31)20-33-36(29(4,5)6,22-13-9-7-10-14-22)23-15-11-8-12-16-23/h7-16,21,24-26,31H,17-20H2,1-6H3/t21-,24+,25+,26?/m0/s1. The minimum Gasteiger partial charge on any atom is -0.444 e. The SMILES string of the molecule is CC(C)(C)OC(=O)N1CC[C@H]2C(O)O[C@H](CO[Si](c3ccccc3)(c3ccccc3)C(C)(C)C)C[C@H]21. The Hall–Kier alpha value is -2.19. The van der Waals surface area contributed by atoms with Gasteiger partial charge in [-0.15, -0.1) is 0 Å². The zero-order chi connectivity index (χ0) is 26.1. The largest absolute Gasteiger partial charge is 0.444 e. The second-order valence-corrected chi connectivity index (χ2v) is 16.4. The van der Waals surface area contributed by atoms with Gasteiger partial charge in [0.15, 0.2) is 6.29 Å². The summed E-state index contributed by atoms with van der Waals surface area (Å²) in [5, 5.41) is 13.1. The first-order chi connectivity index (χ1) is 16.9. The number of aliphatic hydroxyl groups is 1. The number of carbonyl (C=O) groups is 1. The van der Waals surface area contributed by atoms with E-state index in [1.807, 2.05) is 32.9 Å². The molecule has 1 amide bonds. The number of carbonyl (C=O) groups excluding carboxylic acids is 1. The maximum absolute atomic E-state index is 12.9. The van der Waals surface area contributed by atoms with Crippen LogP contribution in [0.1, 0.15) is 54.4 Å². The Morgan fingerprint density at radius 3 is 2.06 bits per heavy atom. The van der Waals surface area contributed by atoms with Crippen LogP contribution in [0, 0.1) is 5.92 Å². The van der Waals surface area contributed by atoms with Crippen molar-refractivity contribution in [2.45, 2.75) is 83.5 Å². The lowest BCUT2D eigenvalue weighted by Crippen LogP contribution is -2.67. The Morgan fingerprint density at radius 2 is 1.56 bits per heavy atom. The molecule has 196 valence electrons. The Morgan fingerprint density at radius 1 is 1.00 bits per heavy atom. The molecule has 6 nitrogen and oxygen atoms in total. The molecule has 0 aromatic heterocycles. The van der Waals surface area contributed by atoms with Crippen molar-refractivity contribution >= 4 is 24.8 Å². The Bertz CT molecular complexity index is 978. The van der Waals surface area contributed by atoms with Crippen molar-refractivity contribution in [3.63, 3.8) is 0 Å². The number of hydrogen-bond acceptors (Lipinski definition) is 5. The lowest BCUT2D eigenvalue weighted by Gasteiger charge is -2.45. The van der Waals surface area contributed by atoms with Gasteiger partial charge in [0.1, 0.15) is 5.60 Å². The second-order valence-electron chi connectivity index (χ2n) is 12.1. The molecular formula is C29H41NO5Si. The molecule has 2 aromatic carbocycles. The summed E-state index contributed by atoms with van der Waals surface area (Å²) in [7, 11) is -2.73. The highest BCUT2D eigenvalue weighted by Crippen LogP contribution is 2.40. The quantitative estimate of drug-likeness (QED) is 0.607. The molecule has 2 aliphatic heterocycles. The summed E-state index contributed by atoms with van der Waals surface area (Å²) in [5.74, 6) is -0.110. The van der Waals surface area contributed by atoms with Crippen LogP contribution < -0.4 is 10.4 Å². The van der Waals surface area contributed by atoms with Gasteiger partial charge in [-0.05, 0) is 49.0 Å². The molecule has 0 spiro atoms. The molecule has 1 N–H and O–H groups in total. The molecule has 2 aromatic rings. The third-order valence-electron chi connectivity index (χ3n) is 7.33. The van der Waals surface area contributed by atoms with Gasteiger partial charge in [-0.2, -0.15) is 0 Å². The van der Waals surface area contributed by atoms with E-state index in [9.17, 15) is 9.90 Å². The van der Waals surface area contributed by atoms with Gasteiger partial charge in [0.2, 0.25) is 0 Å². The van der Waals surface area contributed by atoms with Crippen molar-refractivity contribution in [3.05, 3.63) is 60.7 Å². The van der Waals surface area contributed by atoms with Gasteiger partial charge in [-0.3, -0.25) is 0 Å². The van der Waals surface area contributed by atoms with Crippen molar-refractivity contribution in [3.8, 4) is 0 Å². The van der Waals surface area contributed by atoms with Gasteiger partial charge in [-0.25, -0.2) is 4.79 Å². The van der Waals surface area contributed by atoms with Crippen LogP contribution in [0.15, 0.2) is 60.7 Å². The molecule has 0 radical (unpaired) electrons. The van der Waals surface area contributed by atoms with E-state index in [1.54, 1.807) is 4.90 Å². The van der Waals surface area contributed by atoms with Crippen LogP contribution in [0.4, 0.5) is 4.79 Å². The summed E-state index contributed by atoms with van der Waals surface area (Å²) in [4.78, 5) is 14.7. The summed E-state index contributed by atoms with van der Waals surface area (Å²) in [6, 6.07) is 20.9. The van der Waals surface area contributed by atoms with E-state index in [-0.39, 0.29) is 29.2 Å². The van der Waals surface area contributed by atoms with Crippen LogP contribution in [-0.4, -0.2) is 61.6 Å². The number of fused-ring (bicyclic) bond motifs is 1. The fraction of sp³-hybridized carbons (Fsp3) is 0.552. The van der Waals surface area contributed by atoms with E-state index in [2.05, 4.69) is 69.3 Å². The monoisotopic (exact) mass is 511 g/mol. The van der Waals surface area contributed by atoms with E-state index in [0.717, 1.165) is 0 Å². The highest BCUT2D eigenvalue weighted by molar-refractivity contribution is 6.99. The van der Waals surface area contributed by atoms with E-state index in [1.165, 1.54) is 10.4 Å². The van der Waals surface area contributed by atoms with E-state index < -0.39 is 20.2 Å². The Labute approximate surface area is 216 Å². The molecule has 4 atom stereocenters. The first-order valence-corrected chi connectivity index (χ1v) is 14.9. The highest BCUT2D eigenvalue weighted by Gasteiger charge is 2.52. The smallest absolute Gasteiger partial charge is 0.410 e. The van der Waals surface area contributed by atoms with Crippen LogP contribution in [0.3, 0.4) is 0 Å². The Balaban J connectivity index is 1.60. The number of ether oxygens (including phenoxy) is 2. The molecule has 1 unspecified atom stereocenters. The molecule has 2 heterocycles. The molecule has 36 heavy (non-hydrogen) atoms. The van der Waals surface area contributed by atoms with E-state index in [4.69, 9.17) is 13.9 Å². The highest BCUT2D eigenvalue weighted by atomic mass is 28.4. The van der Waals surface area contributed by atoms with Crippen LogP contribution >= 0.6 is 0 Å². The lowest BCUT2D eigenvalue weighted by molar-refractivity contribution is -0.207. The van der Waals surface area contributed by atoms with Crippen molar-refractivity contribution in [2.24, 2.45) is 5.92 Å². The van der Waals surface area contributed by atoms with Crippen LogP contribution in [0.25, 0.3) is 0 Å². The average molecular weight is 512 g/mol. The van der Waals surface area contributed by atoms with Gasteiger partial charge in [0.05, 0.1) is 12.7 Å². The summed E-state index contributed by atoms with van der Waals surface area (Å²) in [6.45, 7) is 13.3. The first kappa shape index (κ1) is 26.9. The molecule has 2 aliphatic rings. The first-order valence-electron chi connectivity index (χ1n) is 13.0. The predicted molar refractivity (Wildman–Crippen MR) is 144 cm³/mol. The second kappa shape index (κ2) is 10.3. The number of nitrogens with zero attached hydrogens (tertiary/aromatic N) is 1. The minimum atomic E-state index is -2.73. The van der Waals surface area contributed by atoms with Crippen molar-refractivity contribution < 1.29 is 23.8 Å². The summed E-state index contributed by atoms with van der Waals surface area (Å²) < 4.78 is 18.8. The summed E-state index contributed by atoms with van der Waals surface area (Å²) >= 11 is 0. The van der Waals surface area contributed by atoms with Crippen LogP contribution in [0.5, 0.6) is 0 Å². The van der Waals surface area contributed by atoms with Gasteiger partial charge >= 0.3 is 6.09 Å². The zero-order valence-corrected chi connectivity index (χ0v) is 23.4. The molecule has 0 saturated carbocycles. The number of likely N-dealkylation sites (tertiary alicyclic amines) is 1. The molecule has 2 saturated heterocycles. The fourth-order valence-corrected chi connectivity index (χ4v) is 10.4.